The van der Waals surface area contributed by atoms with Crippen LogP contribution < -0.4 is 15.6 Å². The Morgan fingerprint density at radius 2 is 2.05 bits per heavy atom. The maximum absolute atomic E-state index is 11.7. The van der Waals surface area contributed by atoms with Gasteiger partial charge in [0.05, 0.1) is 8.66 Å². The Kier molecular flexibility index (Phi) is 5.60. The standard InChI is InChI=1S/C13H10BrClN2O3S/c14-11-5-4-10(21-11)13(19)17-16-12(18)7-20-9-3-1-2-8(15)6-9/h1-6H,7H2,(H,16,18)(H,17,19). The predicted molar refractivity (Wildman–Crippen MR) is 84.6 cm³/mol. The van der Waals surface area contributed by atoms with Gasteiger partial charge in [-0.15, -0.1) is 11.3 Å². The summed E-state index contributed by atoms with van der Waals surface area (Å²) in [6.45, 7) is -0.227. The summed E-state index contributed by atoms with van der Waals surface area (Å²) in [5, 5.41) is 0.518. The summed E-state index contributed by atoms with van der Waals surface area (Å²) >= 11 is 10.3. The summed E-state index contributed by atoms with van der Waals surface area (Å²) in [6, 6.07) is 10.1. The molecule has 2 rings (SSSR count). The van der Waals surface area contributed by atoms with Crippen LogP contribution in [0, 0.1) is 0 Å². The average molecular weight is 390 g/mol. The largest absolute Gasteiger partial charge is 0.484 e. The smallest absolute Gasteiger partial charge is 0.279 e. The molecule has 0 saturated heterocycles. The number of carbonyl (C=O) groups excluding carboxylic acids is 2. The molecular weight excluding hydrogens is 380 g/mol. The van der Waals surface area contributed by atoms with Crippen LogP contribution in [0.2, 0.25) is 5.02 Å². The number of hydrazine groups is 1. The van der Waals surface area contributed by atoms with E-state index in [1.165, 1.54) is 11.3 Å². The maximum Gasteiger partial charge on any atom is 0.279 e. The van der Waals surface area contributed by atoms with Crippen molar-refractivity contribution in [1.29, 1.82) is 0 Å². The first kappa shape index (κ1) is 15.8. The molecule has 8 heteroatoms. The van der Waals surface area contributed by atoms with E-state index in [0.717, 1.165) is 3.79 Å². The van der Waals surface area contributed by atoms with E-state index < -0.39 is 5.91 Å². The Labute approximate surface area is 138 Å². The van der Waals surface area contributed by atoms with Gasteiger partial charge in [0.15, 0.2) is 6.61 Å². The van der Waals surface area contributed by atoms with Crippen molar-refractivity contribution in [2.75, 3.05) is 6.61 Å². The topological polar surface area (TPSA) is 67.4 Å². The molecule has 110 valence electrons. The lowest BCUT2D eigenvalue weighted by atomic mass is 10.3. The summed E-state index contributed by atoms with van der Waals surface area (Å²) in [7, 11) is 0. The molecule has 2 amide bonds. The number of nitrogens with one attached hydrogen (secondary N) is 2. The van der Waals surface area contributed by atoms with E-state index >= 15 is 0 Å². The first-order valence-corrected chi connectivity index (χ1v) is 7.76. The summed E-state index contributed by atoms with van der Waals surface area (Å²) in [5.74, 6) is -0.382. The number of halogens is 2. The van der Waals surface area contributed by atoms with Gasteiger partial charge in [-0.25, -0.2) is 0 Å². The van der Waals surface area contributed by atoms with Crippen LogP contribution in [0.3, 0.4) is 0 Å². The summed E-state index contributed by atoms with van der Waals surface area (Å²) in [4.78, 5) is 23.7. The van der Waals surface area contributed by atoms with Crippen LogP contribution in [0.25, 0.3) is 0 Å². The van der Waals surface area contributed by atoms with Crippen molar-refractivity contribution < 1.29 is 14.3 Å². The fraction of sp³-hybridized carbons (Fsp3) is 0.0769. The first-order valence-electron chi connectivity index (χ1n) is 5.77. The average Bonchev–Trinajstić information content (AvgIpc) is 2.89. The van der Waals surface area contributed by atoms with Crippen LogP contribution in [-0.4, -0.2) is 18.4 Å². The van der Waals surface area contributed by atoms with Gasteiger partial charge in [-0.3, -0.25) is 20.4 Å². The van der Waals surface area contributed by atoms with Crippen molar-refractivity contribution in [2.45, 2.75) is 0 Å². The quantitative estimate of drug-likeness (QED) is 0.790. The Balaban J connectivity index is 1.76. The van der Waals surface area contributed by atoms with Crippen LogP contribution in [0.15, 0.2) is 40.2 Å². The third-order valence-corrected chi connectivity index (χ3v) is 4.14. The highest BCUT2D eigenvalue weighted by Gasteiger charge is 2.10. The molecule has 0 bridgehead atoms. The molecule has 1 aromatic carbocycles. The second-order valence-corrected chi connectivity index (χ2v) is 6.75. The fourth-order valence-electron chi connectivity index (χ4n) is 1.37. The van der Waals surface area contributed by atoms with Gasteiger partial charge >= 0.3 is 0 Å². The molecule has 5 nitrogen and oxygen atoms in total. The van der Waals surface area contributed by atoms with Crippen LogP contribution in [0.1, 0.15) is 9.67 Å². The molecule has 0 spiro atoms. The molecule has 0 saturated carbocycles. The lowest BCUT2D eigenvalue weighted by molar-refractivity contribution is -0.123. The molecular formula is C13H10BrClN2O3S. The molecule has 0 aliphatic heterocycles. The van der Waals surface area contributed by atoms with Gasteiger partial charge in [0, 0.05) is 5.02 Å². The van der Waals surface area contributed by atoms with E-state index in [1.54, 1.807) is 36.4 Å². The first-order chi connectivity index (χ1) is 10.0. The van der Waals surface area contributed by atoms with Crippen LogP contribution in [0.4, 0.5) is 0 Å². The summed E-state index contributed by atoms with van der Waals surface area (Å²) in [5.41, 5.74) is 4.57. The van der Waals surface area contributed by atoms with Crippen LogP contribution >= 0.6 is 38.9 Å². The molecule has 0 aliphatic carbocycles. The van der Waals surface area contributed by atoms with Gasteiger partial charge in [-0.1, -0.05) is 17.7 Å². The van der Waals surface area contributed by atoms with Crippen molar-refractivity contribution in [3.05, 3.63) is 50.1 Å². The number of thiophene rings is 1. The molecule has 21 heavy (non-hydrogen) atoms. The van der Waals surface area contributed by atoms with E-state index in [9.17, 15) is 9.59 Å². The Bertz CT molecular complexity index is 662. The molecule has 1 aromatic heterocycles. The zero-order valence-corrected chi connectivity index (χ0v) is 13.7. The van der Waals surface area contributed by atoms with Crippen molar-refractivity contribution in [2.24, 2.45) is 0 Å². The monoisotopic (exact) mass is 388 g/mol. The zero-order valence-electron chi connectivity index (χ0n) is 10.6. The lowest BCUT2D eigenvalue weighted by Gasteiger charge is -2.08. The Hall–Kier alpha value is -1.57. The van der Waals surface area contributed by atoms with Gasteiger partial charge in [-0.2, -0.15) is 0 Å². The second-order valence-electron chi connectivity index (χ2n) is 3.85. The number of amides is 2. The minimum atomic E-state index is -0.473. The summed E-state index contributed by atoms with van der Waals surface area (Å²) in [6.07, 6.45) is 0. The number of benzene rings is 1. The second kappa shape index (κ2) is 7.44. The van der Waals surface area contributed by atoms with Crippen LogP contribution in [0.5, 0.6) is 5.75 Å². The van der Waals surface area contributed by atoms with Crippen molar-refractivity contribution in [1.82, 2.24) is 10.9 Å². The number of rotatable bonds is 4. The molecule has 0 atom stereocenters. The Morgan fingerprint density at radius 3 is 2.71 bits per heavy atom. The van der Waals surface area contributed by atoms with Gasteiger partial charge in [0.1, 0.15) is 5.75 Å². The normalized spacial score (nSPS) is 10.0. The Morgan fingerprint density at radius 1 is 1.24 bits per heavy atom. The highest BCUT2D eigenvalue weighted by atomic mass is 79.9. The van der Waals surface area contributed by atoms with Gasteiger partial charge in [0.25, 0.3) is 11.8 Å². The van der Waals surface area contributed by atoms with Gasteiger partial charge < -0.3 is 4.74 Å². The van der Waals surface area contributed by atoms with E-state index in [-0.39, 0.29) is 12.5 Å². The molecule has 0 radical (unpaired) electrons. The van der Waals surface area contributed by atoms with Crippen molar-refractivity contribution >= 4 is 50.7 Å². The molecule has 0 unspecified atom stereocenters. The number of ether oxygens (including phenoxy) is 1. The van der Waals surface area contributed by atoms with E-state index in [2.05, 4.69) is 26.8 Å². The van der Waals surface area contributed by atoms with Gasteiger partial charge in [-0.05, 0) is 46.3 Å². The molecule has 1 heterocycles. The van der Waals surface area contributed by atoms with Crippen molar-refractivity contribution in [3.8, 4) is 5.75 Å². The maximum atomic E-state index is 11.7. The van der Waals surface area contributed by atoms with Gasteiger partial charge in [0.2, 0.25) is 0 Å². The summed E-state index contributed by atoms with van der Waals surface area (Å²) < 4.78 is 6.07. The lowest BCUT2D eigenvalue weighted by Crippen LogP contribution is -2.43. The minimum absolute atomic E-state index is 0.227. The van der Waals surface area contributed by atoms with E-state index in [0.29, 0.717) is 15.6 Å². The zero-order chi connectivity index (χ0) is 15.2. The number of hydrogen-bond acceptors (Lipinski definition) is 4. The fourth-order valence-corrected chi connectivity index (χ4v) is 2.83. The number of hydrogen-bond donors (Lipinski definition) is 2. The van der Waals surface area contributed by atoms with Crippen LogP contribution in [-0.2, 0) is 4.79 Å². The highest BCUT2D eigenvalue weighted by molar-refractivity contribution is 9.11. The SMILES string of the molecule is O=C(COc1cccc(Cl)c1)NNC(=O)c1ccc(Br)s1. The third-order valence-electron chi connectivity index (χ3n) is 2.28. The van der Waals surface area contributed by atoms with E-state index in [1.807, 2.05) is 0 Å². The molecule has 0 aliphatic rings. The van der Waals surface area contributed by atoms with Crippen molar-refractivity contribution in [3.63, 3.8) is 0 Å². The minimum Gasteiger partial charge on any atom is -0.484 e. The molecule has 0 fully saturated rings. The number of carbonyl (C=O) groups is 2. The van der Waals surface area contributed by atoms with E-state index in [4.69, 9.17) is 16.3 Å². The predicted octanol–water partition coefficient (Wildman–Crippen LogP) is 3.00. The molecule has 2 N–H and O–H groups in total. The highest BCUT2D eigenvalue weighted by Crippen LogP contribution is 2.21. The third kappa shape index (κ3) is 5.04. The molecule has 2 aromatic rings.